The third kappa shape index (κ3) is 5.53. The van der Waals surface area contributed by atoms with Crippen molar-refractivity contribution in [2.24, 2.45) is 4.99 Å². The lowest BCUT2D eigenvalue weighted by atomic mass is 9.89. The van der Waals surface area contributed by atoms with Gasteiger partial charge in [-0.2, -0.15) is 13.2 Å². The molecule has 1 amide bonds. The van der Waals surface area contributed by atoms with E-state index in [1.54, 1.807) is 20.8 Å². The highest BCUT2D eigenvalue weighted by atomic mass is 79.9. The van der Waals surface area contributed by atoms with Gasteiger partial charge in [0.1, 0.15) is 27.3 Å². The van der Waals surface area contributed by atoms with Crippen LogP contribution in [0, 0.1) is 5.82 Å². The monoisotopic (exact) mass is 455 g/mol. The van der Waals surface area contributed by atoms with E-state index in [0.717, 1.165) is 6.07 Å². The minimum atomic E-state index is -4.76. The third-order valence-electron chi connectivity index (χ3n) is 3.48. The molecule has 2 rings (SSSR count). The Balaban J connectivity index is 2.42. The van der Waals surface area contributed by atoms with E-state index in [2.05, 4.69) is 25.9 Å². The average Bonchev–Trinajstić information content (AvgIpc) is 2.46. The van der Waals surface area contributed by atoms with Gasteiger partial charge in [0.25, 0.3) is 6.02 Å². The van der Waals surface area contributed by atoms with Crippen LogP contribution >= 0.6 is 15.9 Å². The Kier molecular flexibility index (Phi) is 5.74. The Bertz CT molecular complexity index is 764. The maximum absolute atomic E-state index is 14.2. The molecule has 1 aliphatic rings. The van der Waals surface area contributed by atoms with Gasteiger partial charge < -0.3 is 9.47 Å². The topological polar surface area (TPSA) is 72.8 Å². The number of alkyl carbamates (subject to hydrolysis) is 1. The number of nitrogens with zero attached hydrogens (tertiary/aromatic N) is 2. The number of amides is 1. The Labute approximate surface area is 161 Å². The number of halogens is 5. The van der Waals surface area contributed by atoms with Crippen LogP contribution in [0.3, 0.4) is 0 Å². The maximum Gasteiger partial charge on any atom is 0.425 e. The van der Waals surface area contributed by atoms with Crippen molar-refractivity contribution >= 4 is 28.0 Å². The summed E-state index contributed by atoms with van der Waals surface area (Å²) in [5, 5.41) is 2.04. The lowest BCUT2D eigenvalue weighted by molar-refractivity contribution is -0.208. The van der Waals surface area contributed by atoms with E-state index in [0.29, 0.717) is 0 Å². The van der Waals surface area contributed by atoms with Gasteiger partial charge in [-0.3, -0.25) is 0 Å². The fraction of sp³-hybridized carbons (Fsp3) is 0.562. The second-order valence-electron chi connectivity index (χ2n) is 7.13. The lowest BCUT2D eigenvalue weighted by Crippen LogP contribution is -2.49. The molecular formula is C16H18BrF4N3O3. The summed E-state index contributed by atoms with van der Waals surface area (Å²) in [5.41, 5.74) is -2.92. The van der Waals surface area contributed by atoms with Crippen LogP contribution in [0.2, 0.25) is 0 Å². The smallest absolute Gasteiger partial charge is 0.425 e. The highest BCUT2D eigenvalue weighted by Gasteiger charge is 2.51. The number of aromatic nitrogens is 1. The van der Waals surface area contributed by atoms with Crippen LogP contribution in [-0.2, 0) is 15.0 Å². The standard InChI is InChI=1S/C16H18BrF4N3O3/c1-14(2,3)27-13(25)23-12-24-15(4,7-9(26-12)16(19,20)21)11-8(18)5-6-10(17)22-11/h5-6,9H,7H2,1-4H3,(H,23,24,25)/t9-,15+/m1/s1. The van der Waals surface area contributed by atoms with E-state index in [1.165, 1.54) is 13.0 Å². The number of aliphatic imine (C=N–C) groups is 1. The largest absolute Gasteiger partial charge is 0.452 e. The summed E-state index contributed by atoms with van der Waals surface area (Å²) >= 11 is 3.06. The molecule has 6 nitrogen and oxygen atoms in total. The number of rotatable bonds is 1. The van der Waals surface area contributed by atoms with Gasteiger partial charge in [0.05, 0.1) is 0 Å². The van der Waals surface area contributed by atoms with E-state index >= 15 is 0 Å². The summed E-state index contributed by atoms with van der Waals surface area (Å²) in [6.07, 6.45) is -8.84. The van der Waals surface area contributed by atoms with E-state index in [-0.39, 0.29) is 10.3 Å². The molecule has 0 bridgehead atoms. The number of amidine groups is 1. The molecule has 1 N–H and O–H groups in total. The summed E-state index contributed by atoms with van der Waals surface area (Å²) in [6, 6.07) is 1.65. The molecule has 0 spiro atoms. The van der Waals surface area contributed by atoms with Crippen LogP contribution in [-0.4, -0.2) is 35.0 Å². The van der Waals surface area contributed by atoms with Crippen molar-refractivity contribution in [1.82, 2.24) is 10.3 Å². The van der Waals surface area contributed by atoms with Crippen molar-refractivity contribution in [3.8, 4) is 0 Å². The lowest BCUT2D eigenvalue weighted by Gasteiger charge is -2.36. The molecule has 1 aliphatic heterocycles. The molecule has 0 aromatic carbocycles. The zero-order valence-corrected chi connectivity index (χ0v) is 16.5. The molecule has 0 saturated heterocycles. The first-order valence-electron chi connectivity index (χ1n) is 7.85. The zero-order chi connectivity index (χ0) is 20.6. The van der Waals surface area contributed by atoms with Crippen LogP contribution in [0.25, 0.3) is 0 Å². The number of nitrogens with one attached hydrogen (secondary N) is 1. The van der Waals surface area contributed by atoms with Crippen molar-refractivity contribution in [2.75, 3.05) is 0 Å². The predicted molar refractivity (Wildman–Crippen MR) is 91.6 cm³/mol. The van der Waals surface area contributed by atoms with Gasteiger partial charge in [0.2, 0.25) is 0 Å². The summed E-state index contributed by atoms with van der Waals surface area (Å²) in [7, 11) is 0. The van der Waals surface area contributed by atoms with E-state index < -0.39 is 47.8 Å². The van der Waals surface area contributed by atoms with Crippen LogP contribution in [0.15, 0.2) is 21.7 Å². The molecule has 0 unspecified atom stereocenters. The van der Waals surface area contributed by atoms with E-state index in [4.69, 9.17) is 9.47 Å². The number of ether oxygens (including phenoxy) is 2. The fourth-order valence-corrected chi connectivity index (χ4v) is 2.72. The molecule has 11 heteroatoms. The minimum absolute atomic E-state index is 0.229. The van der Waals surface area contributed by atoms with Crippen LogP contribution in [0.5, 0.6) is 0 Å². The second kappa shape index (κ2) is 7.25. The van der Waals surface area contributed by atoms with Gasteiger partial charge in [-0.1, -0.05) is 0 Å². The van der Waals surface area contributed by atoms with E-state index in [9.17, 15) is 22.4 Å². The first-order chi connectivity index (χ1) is 12.2. The van der Waals surface area contributed by atoms with Crippen molar-refractivity contribution in [1.29, 1.82) is 0 Å². The molecule has 2 atom stereocenters. The normalized spacial score (nSPS) is 23.3. The molecule has 27 heavy (non-hydrogen) atoms. The van der Waals surface area contributed by atoms with Crippen molar-refractivity contribution in [3.05, 3.63) is 28.2 Å². The Morgan fingerprint density at radius 3 is 2.56 bits per heavy atom. The molecule has 1 aromatic heterocycles. The fourth-order valence-electron chi connectivity index (χ4n) is 2.41. The highest BCUT2D eigenvalue weighted by molar-refractivity contribution is 9.10. The zero-order valence-electron chi connectivity index (χ0n) is 14.9. The summed E-state index contributed by atoms with van der Waals surface area (Å²) in [5.74, 6) is -0.830. The Morgan fingerprint density at radius 1 is 1.37 bits per heavy atom. The van der Waals surface area contributed by atoms with Gasteiger partial charge in [-0.15, -0.1) is 0 Å². The Morgan fingerprint density at radius 2 is 2.00 bits per heavy atom. The molecule has 0 saturated carbocycles. The molecule has 2 heterocycles. The summed E-state index contributed by atoms with van der Waals surface area (Å²) in [4.78, 5) is 19.8. The maximum atomic E-state index is 14.2. The number of hydrogen-bond acceptors (Lipinski definition) is 5. The minimum Gasteiger partial charge on any atom is -0.452 e. The number of hydrogen-bond donors (Lipinski definition) is 1. The number of carbonyl (C=O) groups is 1. The van der Waals surface area contributed by atoms with Gasteiger partial charge in [-0.25, -0.2) is 24.5 Å². The van der Waals surface area contributed by atoms with Crippen molar-refractivity contribution < 1.29 is 31.8 Å². The van der Waals surface area contributed by atoms with Gasteiger partial charge in [0, 0.05) is 6.42 Å². The van der Waals surface area contributed by atoms with Crippen LogP contribution in [0.4, 0.5) is 22.4 Å². The average molecular weight is 456 g/mol. The van der Waals surface area contributed by atoms with Gasteiger partial charge in [0.15, 0.2) is 6.10 Å². The molecule has 150 valence electrons. The number of alkyl halides is 3. The molecular weight excluding hydrogens is 438 g/mol. The number of pyridine rings is 1. The molecule has 0 aliphatic carbocycles. The van der Waals surface area contributed by atoms with Crippen molar-refractivity contribution in [2.45, 2.75) is 57.5 Å². The van der Waals surface area contributed by atoms with Gasteiger partial charge >= 0.3 is 12.3 Å². The van der Waals surface area contributed by atoms with Crippen LogP contribution in [0.1, 0.15) is 39.8 Å². The van der Waals surface area contributed by atoms with E-state index in [1.807, 2.05) is 5.32 Å². The van der Waals surface area contributed by atoms with Crippen LogP contribution < -0.4 is 5.32 Å². The SMILES string of the molecule is CC(C)(C)OC(=O)NC1=N[C@](C)(c2nc(Br)ccc2F)C[C@H](C(F)(F)F)O1. The quantitative estimate of drug-likeness (QED) is 0.502. The predicted octanol–water partition coefficient (Wildman–Crippen LogP) is 4.43. The first kappa shape index (κ1) is 21.4. The third-order valence-corrected chi connectivity index (χ3v) is 3.92. The molecule has 1 aromatic rings. The molecule has 0 fully saturated rings. The summed E-state index contributed by atoms with van der Waals surface area (Å²) in [6.45, 7) is 6.03. The molecule has 0 radical (unpaired) electrons. The van der Waals surface area contributed by atoms with Crippen molar-refractivity contribution in [3.63, 3.8) is 0 Å². The number of carbonyl (C=O) groups excluding carboxylic acids is 1. The second-order valence-corrected chi connectivity index (χ2v) is 7.95. The first-order valence-corrected chi connectivity index (χ1v) is 8.65. The summed E-state index contributed by atoms with van der Waals surface area (Å²) < 4.78 is 64.2. The highest BCUT2D eigenvalue weighted by Crippen LogP contribution is 2.40. The van der Waals surface area contributed by atoms with Gasteiger partial charge in [-0.05, 0) is 55.8 Å². The Hall–Kier alpha value is -1.91.